The predicted molar refractivity (Wildman–Crippen MR) is 202 cm³/mol. The molecule has 0 radical (unpaired) electrons. The predicted octanol–water partition coefficient (Wildman–Crippen LogP) is 8.94. The number of aryl methyl sites for hydroxylation is 1. The van der Waals surface area contributed by atoms with E-state index in [1.165, 1.54) is 27.9 Å². The Balaban J connectivity index is 0.00000144. The fourth-order valence-corrected chi connectivity index (χ4v) is 8.38. The number of Topliss-reactive ketones (excluding diaryl/α,β-unsaturated/α-hetero) is 1. The second-order valence-electron chi connectivity index (χ2n) is 14.5. The minimum atomic E-state index is 0.0531. The molecule has 1 aliphatic carbocycles. The molecule has 0 unspecified atom stereocenters. The Hall–Kier alpha value is -5.20. The summed E-state index contributed by atoms with van der Waals surface area (Å²) in [5, 5.41) is 15.4. The van der Waals surface area contributed by atoms with E-state index in [9.17, 15) is 9.90 Å². The van der Waals surface area contributed by atoms with Crippen LogP contribution in [0, 0.1) is 24.7 Å². The molecule has 0 aromatic heterocycles. The van der Waals surface area contributed by atoms with E-state index in [4.69, 9.17) is 24.6 Å². The zero-order chi connectivity index (χ0) is 36.9. The van der Waals surface area contributed by atoms with E-state index in [0.29, 0.717) is 25.0 Å². The van der Waals surface area contributed by atoms with Crippen molar-refractivity contribution < 1.29 is 19.5 Å². The average Bonchev–Trinajstić information content (AvgIpc) is 3.83. The van der Waals surface area contributed by atoms with Gasteiger partial charge in [-0.05, 0) is 99.0 Å². The third-order valence-corrected chi connectivity index (χ3v) is 11.0. The molecule has 0 saturated carbocycles. The molecule has 51 heavy (non-hydrogen) atoms. The van der Waals surface area contributed by atoms with Gasteiger partial charge in [0.05, 0.1) is 34.2 Å². The molecule has 8 bridgehead atoms. The molecule has 8 nitrogen and oxygen atoms in total. The fourth-order valence-electron chi connectivity index (χ4n) is 8.38. The second-order valence-corrected chi connectivity index (χ2v) is 14.5. The standard InChI is InChI=1S/C42H46N4O2.CO2/c1-10-28-23(6)31-19-34-36(20(2)3)26(9)40(45-34)38(27-14-11-21(4)12-15-27)39-24(7)29(16-13-22(5)47)41(46-39)30-17-35(48)37-25(8)32(44-42(30)37)18-33(28)43-31;2-1-3/h11-12,14-15,18-20,24,29,46,48H,10,13,16-17H2,1-9H3;/t24-,29-;/m0./s1. The maximum absolute atomic E-state index is 12.4. The maximum Gasteiger partial charge on any atom is 0.373 e. The molecular formula is C43H46N4O4. The van der Waals surface area contributed by atoms with E-state index >= 15 is 0 Å². The van der Waals surface area contributed by atoms with E-state index < -0.39 is 0 Å². The summed E-state index contributed by atoms with van der Waals surface area (Å²) in [5.41, 5.74) is 18.6. The summed E-state index contributed by atoms with van der Waals surface area (Å²) in [4.78, 5) is 44.5. The van der Waals surface area contributed by atoms with Crippen LogP contribution < -0.4 is 5.32 Å². The Bertz CT molecular complexity index is 2150. The van der Waals surface area contributed by atoms with Gasteiger partial charge in [0, 0.05) is 52.8 Å². The van der Waals surface area contributed by atoms with Crippen molar-refractivity contribution in [2.75, 3.05) is 0 Å². The molecule has 1 aromatic carbocycles. The van der Waals surface area contributed by atoms with Crippen molar-refractivity contribution >= 4 is 34.6 Å². The molecule has 1 aromatic rings. The number of aliphatic hydroxyl groups excluding tert-OH is 1. The van der Waals surface area contributed by atoms with Crippen molar-refractivity contribution in [1.29, 1.82) is 0 Å². The van der Waals surface area contributed by atoms with Crippen LogP contribution in [-0.4, -0.2) is 34.2 Å². The molecule has 5 aliphatic heterocycles. The van der Waals surface area contributed by atoms with Crippen LogP contribution in [0.25, 0.3) is 5.57 Å². The first kappa shape index (κ1) is 35.6. The lowest BCUT2D eigenvalue weighted by Crippen LogP contribution is -2.16. The third-order valence-electron chi connectivity index (χ3n) is 11.0. The minimum Gasteiger partial charge on any atom is -0.511 e. The number of rotatable bonds is 6. The van der Waals surface area contributed by atoms with Crippen molar-refractivity contribution in [3.05, 3.63) is 121 Å². The van der Waals surface area contributed by atoms with Gasteiger partial charge >= 0.3 is 6.15 Å². The normalized spacial score (nSPS) is 22.3. The molecule has 262 valence electrons. The quantitative estimate of drug-likeness (QED) is 0.310. The SMILES string of the molecule is CCC1=C(C)C2=NC1=CC1=C(C)C3=C(O)CC(=C4NC(=C(c5ccc(C)cc5)C5=NC(=C2)C(C(C)C)=C5C)[C@@H](C)[C@@H]4CCC(C)=O)C3=N1.O=C=O. The summed E-state index contributed by atoms with van der Waals surface area (Å²) >= 11 is 0. The minimum absolute atomic E-state index is 0.0531. The molecule has 1 fully saturated rings. The van der Waals surface area contributed by atoms with Gasteiger partial charge in [0.25, 0.3) is 0 Å². The van der Waals surface area contributed by atoms with Crippen molar-refractivity contribution in [3.8, 4) is 0 Å². The van der Waals surface area contributed by atoms with Crippen molar-refractivity contribution in [2.45, 2.75) is 88.0 Å². The highest BCUT2D eigenvalue weighted by Gasteiger charge is 2.43. The molecule has 6 aliphatic rings. The summed E-state index contributed by atoms with van der Waals surface area (Å²) in [6.45, 7) is 19.1. The topological polar surface area (TPSA) is 121 Å². The van der Waals surface area contributed by atoms with Gasteiger partial charge in [0.2, 0.25) is 0 Å². The molecule has 1 saturated heterocycles. The van der Waals surface area contributed by atoms with E-state index in [0.717, 1.165) is 79.9 Å². The fraction of sp³-hybridized carbons (Fsp3) is 0.372. The van der Waals surface area contributed by atoms with Gasteiger partial charge in [0.15, 0.2) is 0 Å². The number of nitrogens with zero attached hydrogens (tertiary/aromatic N) is 3. The Morgan fingerprint density at radius 3 is 2.24 bits per heavy atom. The first-order chi connectivity index (χ1) is 24.3. The molecule has 5 heterocycles. The van der Waals surface area contributed by atoms with Crippen LogP contribution in [0.4, 0.5) is 0 Å². The van der Waals surface area contributed by atoms with Crippen LogP contribution in [0.3, 0.4) is 0 Å². The van der Waals surface area contributed by atoms with Gasteiger partial charge in [0.1, 0.15) is 11.5 Å². The Kier molecular flexibility index (Phi) is 9.67. The highest BCUT2D eigenvalue weighted by atomic mass is 16.3. The van der Waals surface area contributed by atoms with Gasteiger partial charge in [-0.1, -0.05) is 57.5 Å². The average molecular weight is 683 g/mol. The van der Waals surface area contributed by atoms with Crippen molar-refractivity contribution in [1.82, 2.24) is 5.32 Å². The van der Waals surface area contributed by atoms with Crippen LogP contribution in [0.15, 0.2) is 125 Å². The Morgan fingerprint density at radius 1 is 0.922 bits per heavy atom. The number of allylic oxidation sites excluding steroid dienone is 12. The van der Waals surface area contributed by atoms with Crippen LogP contribution in [0.1, 0.15) is 92.2 Å². The first-order valence-electron chi connectivity index (χ1n) is 17.9. The number of nitrogens with one attached hydrogen (secondary N) is 1. The lowest BCUT2D eigenvalue weighted by atomic mass is 9.83. The summed E-state index contributed by atoms with van der Waals surface area (Å²) < 4.78 is 0. The summed E-state index contributed by atoms with van der Waals surface area (Å²) in [7, 11) is 0. The molecule has 0 amide bonds. The third kappa shape index (κ3) is 6.12. The lowest BCUT2D eigenvalue weighted by Gasteiger charge is -2.19. The number of benzene rings is 1. The monoisotopic (exact) mass is 682 g/mol. The van der Waals surface area contributed by atoms with E-state index in [1.54, 1.807) is 6.92 Å². The van der Waals surface area contributed by atoms with Gasteiger partial charge in [-0.3, -0.25) is 0 Å². The number of ketones is 1. The molecule has 0 spiro atoms. The van der Waals surface area contributed by atoms with Gasteiger partial charge in [-0.2, -0.15) is 9.59 Å². The largest absolute Gasteiger partial charge is 0.511 e. The number of carbonyl (C=O) groups excluding carboxylic acids is 3. The molecule has 7 rings (SSSR count). The number of aliphatic hydroxyl groups is 1. The van der Waals surface area contributed by atoms with Crippen LogP contribution in [0.5, 0.6) is 0 Å². The summed E-state index contributed by atoms with van der Waals surface area (Å²) in [5.74, 6) is 0.921. The molecule has 8 heteroatoms. The first-order valence-corrected chi connectivity index (χ1v) is 17.9. The highest BCUT2D eigenvalue weighted by molar-refractivity contribution is 6.34. The highest BCUT2D eigenvalue weighted by Crippen LogP contribution is 2.48. The molecule has 2 atom stereocenters. The number of hydrogen-bond acceptors (Lipinski definition) is 8. The van der Waals surface area contributed by atoms with Crippen molar-refractivity contribution in [2.24, 2.45) is 32.7 Å². The van der Waals surface area contributed by atoms with Crippen LogP contribution in [0.2, 0.25) is 0 Å². The maximum atomic E-state index is 12.4. The van der Waals surface area contributed by atoms with E-state index in [1.807, 2.05) is 0 Å². The van der Waals surface area contributed by atoms with Gasteiger partial charge in [-0.15, -0.1) is 0 Å². The van der Waals surface area contributed by atoms with E-state index in [-0.39, 0.29) is 29.7 Å². The zero-order valence-corrected chi connectivity index (χ0v) is 31.0. The van der Waals surface area contributed by atoms with Crippen LogP contribution in [-0.2, 0) is 14.4 Å². The summed E-state index contributed by atoms with van der Waals surface area (Å²) in [6, 6.07) is 8.73. The van der Waals surface area contributed by atoms with Crippen LogP contribution >= 0.6 is 0 Å². The number of carbonyl (C=O) groups is 1. The molecular weight excluding hydrogens is 636 g/mol. The smallest absolute Gasteiger partial charge is 0.373 e. The lowest BCUT2D eigenvalue weighted by molar-refractivity contribution is -0.191. The zero-order valence-electron chi connectivity index (χ0n) is 31.0. The number of aliphatic imine (C=N–C) groups is 3. The Labute approximate surface area is 300 Å². The second kappa shape index (κ2) is 13.8. The van der Waals surface area contributed by atoms with Gasteiger partial charge in [-0.25, -0.2) is 15.0 Å². The molecule has 2 N–H and O–H groups in total. The Morgan fingerprint density at radius 2 is 1.61 bits per heavy atom. The van der Waals surface area contributed by atoms with E-state index in [2.05, 4.69) is 97.1 Å². The van der Waals surface area contributed by atoms with Gasteiger partial charge < -0.3 is 15.2 Å². The number of hydrogen-bond donors (Lipinski definition) is 2. The number of fused-ring (bicyclic) bond motifs is 5. The summed E-state index contributed by atoms with van der Waals surface area (Å²) in [6.07, 6.45) is 6.99. The van der Waals surface area contributed by atoms with Crippen molar-refractivity contribution in [3.63, 3.8) is 0 Å².